The topological polar surface area (TPSA) is 82.9 Å². The summed E-state index contributed by atoms with van der Waals surface area (Å²) in [5.41, 5.74) is 2.50. The first-order chi connectivity index (χ1) is 15.0. The Morgan fingerprint density at radius 2 is 2.26 bits per heavy atom. The molecular weight excluding hydrogens is 434 g/mol. The van der Waals surface area contributed by atoms with E-state index in [0.717, 1.165) is 36.4 Å². The highest BCUT2D eigenvalue weighted by Crippen LogP contribution is 2.37. The van der Waals surface area contributed by atoms with Gasteiger partial charge in [0.15, 0.2) is 10.9 Å². The lowest BCUT2D eigenvalue weighted by atomic mass is 10.1. The van der Waals surface area contributed by atoms with Crippen molar-refractivity contribution < 1.29 is 9.84 Å². The molecule has 5 rings (SSSR count). The van der Waals surface area contributed by atoms with Gasteiger partial charge in [-0.15, -0.1) is 0 Å². The van der Waals surface area contributed by atoms with Crippen LogP contribution in [0.2, 0.25) is 5.02 Å². The Labute approximate surface area is 188 Å². The van der Waals surface area contributed by atoms with Crippen molar-refractivity contribution in [3.8, 4) is 11.6 Å². The third kappa shape index (κ3) is 4.27. The lowest BCUT2D eigenvalue weighted by molar-refractivity contribution is 0.208. The summed E-state index contributed by atoms with van der Waals surface area (Å²) >= 11 is 7.79. The van der Waals surface area contributed by atoms with Gasteiger partial charge in [0.25, 0.3) is 0 Å². The number of nitrogens with one attached hydrogen (secondary N) is 1. The second-order valence-corrected chi connectivity index (χ2v) is 8.93. The number of ether oxygens (including phenoxy) is 1. The lowest BCUT2D eigenvalue weighted by Crippen LogP contribution is -2.21. The molecule has 1 fully saturated rings. The molecule has 1 saturated heterocycles. The second-order valence-electron chi connectivity index (χ2n) is 7.50. The van der Waals surface area contributed by atoms with Crippen molar-refractivity contribution in [3.05, 3.63) is 52.0 Å². The number of pyridine rings is 1. The fourth-order valence-electron chi connectivity index (χ4n) is 3.62. The monoisotopic (exact) mass is 453 g/mol. The zero-order chi connectivity index (χ0) is 21.4. The minimum Gasteiger partial charge on any atom is -0.492 e. The standard InChI is InChI=1S/C22H20ClN5O2S/c1-28-8-6-15(12-28)30-14-4-5-18(17(23)10-14)26-22-27-21(29)19(31-22)9-13-11-25-20-16(13)3-2-7-24-20/h2-5,7,9-11,15,29H,6,8,12H2,1H3,(H,26,27)/b13-9+. The van der Waals surface area contributed by atoms with Crippen molar-refractivity contribution in [2.24, 2.45) is 4.99 Å². The van der Waals surface area contributed by atoms with Gasteiger partial charge in [-0.2, -0.15) is 4.98 Å². The molecule has 2 aliphatic heterocycles. The van der Waals surface area contributed by atoms with Crippen molar-refractivity contribution in [2.45, 2.75) is 12.5 Å². The van der Waals surface area contributed by atoms with Crippen LogP contribution in [-0.4, -0.2) is 52.4 Å². The lowest BCUT2D eigenvalue weighted by Gasteiger charge is -2.15. The molecule has 2 N–H and O–H groups in total. The summed E-state index contributed by atoms with van der Waals surface area (Å²) in [5, 5.41) is 14.6. The second kappa shape index (κ2) is 8.30. The molecule has 0 bridgehead atoms. The summed E-state index contributed by atoms with van der Waals surface area (Å²) in [6.07, 6.45) is 6.49. The molecule has 0 aliphatic carbocycles. The first-order valence-corrected chi connectivity index (χ1v) is 11.1. The molecule has 0 saturated carbocycles. The minimum absolute atomic E-state index is 0.0489. The number of aromatic hydroxyl groups is 1. The molecule has 1 unspecified atom stereocenters. The summed E-state index contributed by atoms with van der Waals surface area (Å²) in [4.78, 5) is 15.6. The van der Waals surface area contributed by atoms with Crippen LogP contribution >= 0.6 is 22.9 Å². The van der Waals surface area contributed by atoms with E-state index in [1.165, 1.54) is 11.3 Å². The summed E-state index contributed by atoms with van der Waals surface area (Å²) in [6, 6.07) is 9.37. The Hall–Kier alpha value is -2.94. The minimum atomic E-state index is -0.0489. The van der Waals surface area contributed by atoms with Gasteiger partial charge in [-0.3, -0.25) is 0 Å². The van der Waals surface area contributed by atoms with Gasteiger partial charge in [-0.1, -0.05) is 22.9 Å². The number of thiazole rings is 1. The van der Waals surface area contributed by atoms with Gasteiger partial charge >= 0.3 is 0 Å². The van der Waals surface area contributed by atoms with Crippen LogP contribution in [-0.2, 0) is 0 Å². The Morgan fingerprint density at radius 3 is 3.06 bits per heavy atom. The van der Waals surface area contributed by atoms with Gasteiger partial charge in [0.2, 0.25) is 5.88 Å². The van der Waals surface area contributed by atoms with Gasteiger partial charge in [-0.05, 0) is 43.8 Å². The average molecular weight is 454 g/mol. The van der Waals surface area contributed by atoms with E-state index in [4.69, 9.17) is 16.3 Å². The first kappa shape index (κ1) is 20.0. The molecule has 1 atom stereocenters. The third-order valence-electron chi connectivity index (χ3n) is 5.18. The maximum atomic E-state index is 10.3. The molecule has 0 spiro atoms. The van der Waals surface area contributed by atoms with E-state index in [-0.39, 0.29) is 12.0 Å². The maximum Gasteiger partial charge on any atom is 0.231 e. The Morgan fingerprint density at radius 1 is 1.35 bits per heavy atom. The number of halogens is 1. The van der Waals surface area contributed by atoms with Gasteiger partial charge in [0, 0.05) is 42.7 Å². The molecule has 3 aromatic rings. The van der Waals surface area contributed by atoms with Gasteiger partial charge in [0.05, 0.1) is 15.6 Å². The van der Waals surface area contributed by atoms with Crippen LogP contribution in [0.5, 0.6) is 11.6 Å². The van der Waals surface area contributed by atoms with Crippen molar-refractivity contribution in [2.75, 3.05) is 25.5 Å². The van der Waals surface area contributed by atoms with E-state index in [0.29, 0.717) is 26.5 Å². The van der Waals surface area contributed by atoms with E-state index in [2.05, 4.69) is 32.2 Å². The fourth-order valence-corrected chi connectivity index (χ4v) is 4.66. The zero-order valence-electron chi connectivity index (χ0n) is 16.7. The maximum absolute atomic E-state index is 10.3. The van der Waals surface area contributed by atoms with E-state index < -0.39 is 0 Å². The van der Waals surface area contributed by atoms with Crippen LogP contribution in [0.3, 0.4) is 0 Å². The summed E-state index contributed by atoms with van der Waals surface area (Å²) < 4.78 is 6.03. The molecule has 158 valence electrons. The number of nitrogens with zero attached hydrogens (tertiary/aromatic N) is 4. The summed E-state index contributed by atoms with van der Waals surface area (Å²) in [6.45, 7) is 1.96. The van der Waals surface area contributed by atoms with Crippen molar-refractivity contribution >= 4 is 57.4 Å². The number of fused-ring (bicyclic) bond motifs is 1. The zero-order valence-corrected chi connectivity index (χ0v) is 18.3. The normalized spacial score (nSPS) is 19.2. The molecule has 1 aromatic carbocycles. The number of anilines is 2. The fraction of sp³-hybridized carbons (Fsp3) is 0.227. The van der Waals surface area contributed by atoms with Crippen LogP contribution in [0.4, 0.5) is 16.6 Å². The largest absolute Gasteiger partial charge is 0.492 e. The van der Waals surface area contributed by atoms with Crippen molar-refractivity contribution in [1.29, 1.82) is 0 Å². The number of hydrogen-bond acceptors (Lipinski definition) is 8. The molecule has 0 amide bonds. The number of likely N-dealkylation sites (tertiary alicyclic amines) is 1. The van der Waals surface area contributed by atoms with Gasteiger partial charge in [0.1, 0.15) is 11.9 Å². The number of aromatic nitrogens is 2. The average Bonchev–Trinajstić information content (AvgIpc) is 3.44. The first-order valence-electron chi connectivity index (χ1n) is 9.88. The molecule has 9 heteroatoms. The molecule has 0 radical (unpaired) electrons. The third-order valence-corrected chi connectivity index (χ3v) is 6.40. The van der Waals surface area contributed by atoms with E-state index in [9.17, 15) is 5.11 Å². The quantitative estimate of drug-likeness (QED) is 0.567. The van der Waals surface area contributed by atoms with Crippen LogP contribution in [0.1, 0.15) is 16.9 Å². The smallest absolute Gasteiger partial charge is 0.231 e. The summed E-state index contributed by atoms with van der Waals surface area (Å²) in [5.74, 6) is 1.37. The van der Waals surface area contributed by atoms with Gasteiger partial charge in [-0.25, -0.2) is 9.98 Å². The van der Waals surface area contributed by atoms with Crippen LogP contribution in [0.25, 0.3) is 11.6 Å². The Balaban J connectivity index is 1.31. The SMILES string of the molecule is CN1CCC(Oc2ccc(Nc3nc(O)c(/C=C4\C=Nc5ncccc54)s3)c(Cl)c2)C1. The van der Waals surface area contributed by atoms with Crippen LogP contribution < -0.4 is 10.1 Å². The predicted molar refractivity (Wildman–Crippen MR) is 125 cm³/mol. The van der Waals surface area contributed by atoms with E-state index in [1.807, 2.05) is 30.3 Å². The number of benzene rings is 1. The van der Waals surface area contributed by atoms with Gasteiger partial charge < -0.3 is 20.1 Å². The van der Waals surface area contributed by atoms with E-state index >= 15 is 0 Å². The molecule has 2 aliphatic rings. The Bertz CT molecular complexity index is 1190. The highest BCUT2D eigenvalue weighted by atomic mass is 35.5. The molecule has 31 heavy (non-hydrogen) atoms. The highest BCUT2D eigenvalue weighted by molar-refractivity contribution is 7.16. The van der Waals surface area contributed by atoms with Crippen LogP contribution in [0.15, 0.2) is 41.5 Å². The highest BCUT2D eigenvalue weighted by Gasteiger charge is 2.21. The predicted octanol–water partition coefficient (Wildman–Crippen LogP) is 4.98. The number of likely N-dealkylation sites (N-methyl/N-ethyl adjacent to an activating group) is 1. The van der Waals surface area contributed by atoms with Crippen molar-refractivity contribution in [3.63, 3.8) is 0 Å². The number of aliphatic imine (C=N–C) groups is 1. The molecule has 4 heterocycles. The number of rotatable bonds is 5. The van der Waals surface area contributed by atoms with Crippen LogP contribution in [0, 0.1) is 0 Å². The number of hydrogen-bond donors (Lipinski definition) is 2. The van der Waals surface area contributed by atoms with E-state index in [1.54, 1.807) is 18.5 Å². The van der Waals surface area contributed by atoms with Crippen molar-refractivity contribution in [1.82, 2.24) is 14.9 Å². The Kier molecular flexibility index (Phi) is 5.35. The molecule has 7 nitrogen and oxygen atoms in total. The summed E-state index contributed by atoms with van der Waals surface area (Å²) in [7, 11) is 2.09. The molecule has 2 aromatic heterocycles. The number of allylic oxidation sites excluding steroid dienone is 1. The molecular formula is C22H20ClN5O2S.